The van der Waals surface area contributed by atoms with Gasteiger partial charge in [-0.1, -0.05) is 52.5 Å². The molecule has 0 aromatic carbocycles. The topological polar surface area (TPSA) is 18.5 Å². The van der Waals surface area contributed by atoms with Crippen molar-refractivity contribution in [3.8, 4) is 0 Å². The lowest BCUT2D eigenvalue weighted by Gasteiger charge is -2.42. The van der Waals surface area contributed by atoms with E-state index in [4.69, 9.17) is 9.47 Å². The van der Waals surface area contributed by atoms with E-state index in [0.717, 1.165) is 6.61 Å². The highest BCUT2D eigenvalue weighted by Crippen LogP contribution is 2.49. The smallest absolute Gasteiger partial charge is 0.179 e. The summed E-state index contributed by atoms with van der Waals surface area (Å²) < 4.78 is 12.0. The third kappa shape index (κ3) is 4.92. The Morgan fingerprint density at radius 1 is 1.35 bits per heavy atom. The molecule has 1 rings (SSSR count). The van der Waals surface area contributed by atoms with Gasteiger partial charge < -0.3 is 9.47 Å². The van der Waals surface area contributed by atoms with Gasteiger partial charge >= 0.3 is 0 Å². The number of rotatable bonds is 6. The molecule has 2 nitrogen and oxygen atoms in total. The highest BCUT2D eigenvalue weighted by atomic mass is 32.0. The third-order valence-corrected chi connectivity index (χ3v) is 6.06. The molecule has 20 heavy (non-hydrogen) atoms. The summed E-state index contributed by atoms with van der Waals surface area (Å²) in [4.78, 5) is 0. The van der Waals surface area contributed by atoms with Crippen LogP contribution in [0.2, 0.25) is 0 Å². The molecule has 0 radical (unpaired) electrons. The lowest BCUT2D eigenvalue weighted by atomic mass is 9.78. The highest BCUT2D eigenvalue weighted by molar-refractivity contribution is 8.13. The maximum Gasteiger partial charge on any atom is 0.179 e. The van der Waals surface area contributed by atoms with Crippen LogP contribution in [0.5, 0.6) is 0 Å². The van der Waals surface area contributed by atoms with Gasteiger partial charge in [-0.25, -0.2) is 0 Å². The molecule has 1 aliphatic heterocycles. The fourth-order valence-corrected chi connectivity index (χ4v) is 3.82. The molecule has 0 N–H and O–H groups in total. The monoisotopic (exact) mass is 316 g/mol. The van der Waals surface area contributed by atoms with Crippen molar-refractivity contribution < 1.29 is 9.47 Å². The molecule has 1 saturated heterocycles. The summed E-state index contributed by atoms with van der Waals surface area (Å²) in [7, 11) is 2.56. The van der Waals surface area contributed by atoms with E-state index in [9.17, 15) is 0 Å². The van der Waals surface area contributed by atoms with Crippen molar-refractivity contribution in [1.82, 2.24) is 0 Å². The van der Waals surface area contributed by atoms with Gasteiger partial charge in [-0.2, -0.15) is 0 Å². The van der Waals surface area contributed by atoms with Crippen LogP contribution in [0.1, 0.15) is 27.7 Å². The molecule has 0 spiro atoms. The predicted octanol–water partition coefficient (Wildman–Crippen LogP) is 4.87. The van der Waals surface area contributed by atoms with E-state index < -0.39 is 0 Å². The minimum atomic E-state index is -0.288. The summed E-state index contributed by atoms with van der Waals surface area (Å²) in [6.45, 7) is 15.9. The van der Waals surface area contributed by atoms with Gasteiger partial charge in [-0.05, 0) is 32.0 Å². The van der Waals surface area contributed by atoms with Crippen molar-refractivity contribution in [3.05, 3.63) is 24.8 Å². The first-order valence-electron chi connectivity index (χ1n) is 7.42. The largest absolute Gasteiger partial charge is 0.348 e. The summed E-state index contributed by atoms with van der Waals surface area (Å²) in [5, 5.41) is 0. The van der Waals surface area contributed by atoms with Crippen LogP contribution in [0.15, 0.2) is 24.8 Å². The molecule has 1 heterocycles. The van der Waals surface area contributed by atoms with Crippen LogP contribution in [0.4, 0.5) is 0 Å². The zero-order chi connectivity index (χ0) is 15.3. The van der Waals surface area contributed by atoms with Crippen molar-refractivity contribution >= 4 is 16.5 Å². The first-order valence-corrected chi connectivity index (χ1v) is 10.9. The van der Waals surface area contributed by atoms with Crippen LogP contribution in [-0.4, -0.2) is 25.4 Å². The summed E-state index contributed by atoms with van der Waals surface area (Å²) in [6, 6.07) is -0.0233. The molecule has 0 aromatic heterocycles. The van der Waals surface area contributed by atoms with E-state index in [-0.39, 0.29) is 19.7 Å². The SMILES string of the molecule is C=C/C=C/C(C)C(C)C(C)C1OC(P(C)P)OCC1C. The molecule has 4 heteroatoms. The fourth-order valence-electron chi connectivity index (χ4n) is 2.70. The van der Waals surface area contributed by atoms with Crippen LogP contribution in [0, 0.1) is 23.7 Å². The Bertz CT molecular complexity index is 330. The van der Waals surface area contributed by atoms with Gasteiger partial charge in [-0.15, -0.1) is 8.93 Å². The molecular formula is C16H30O2P2. The van der Waals surface area contributed by atoms with Gasteiger partial charge in [0.1, 0.15) is 0 Å². The van der Waals surface area contributed by atoms with Crippen molar-refractivity contribution in [2.75, 3.05) is 13.3 Å². The third-order valence-electron chi connectivity index (χ3n) is 4.40. The van der Waals surface area contributed by atoms with Crippen LogP contribution in [0.3, 0.4) is 0 Å². The van der Waals surface area contributed by atoms with Crippen molar-refractivity contribution in [1.29, 1.82) is 0 Å². The minimum absolute atomic E-state index is 0.0233. The van der Waals surface area contributed by atoms with E-state index in [0.29, 0.717) is 23.7 Å². The molecule has 8 atom stereocenters. The second kappa shape index (κ2) is 8.64. The molecule has 1 aliphatic rings. The van der Waals surface area contributed by atoms with E-state index in [1.54, 1.807) is 0 Å². The highest BCUT2D eigenvalue weighted by Gasteiger charge is 2.36. The molecule has 0 aromatic rings. The van der Waals surface area contributed by atoms with Crippen LogP contribution >= 0.6 is 16.5 Å². The zero-order valence-corrected chi connectivity index (χ0v) is 15.5. The minimum Gasteiger partial charge on any atom is -0.348 e. The number of ether oxygens (including phenoxy) is 2. The fraction of sp³-hybridized carbons (Fsp3) is 0.750. The van der Waals surface area contributed by atoms with Gasteiger partial charge in [-0.3, -0.25) is 0 Å². The van der Waals surface area contributed by atoms with Crippen LogP contribution in [0.25, 0.3) is 0 Å². The average molecular weight is 316 g/mol. The van der Waals surface area contributed by atoms with Crippen LogP contribution in [-0.2, 0) is 9.47 Å². The maximum atomic E-state index is 6.24. The van der Waals surface area contributed by atoms with Gasteiger partial charge in [0.15, 0.2) is 6.03 Å². The number of hydrogen-bond acceptors (Lipinski definition) is 2. The molecular weight excluding hydrogens is 286 g/mol. The Balaban J connectivity index is 2.69. The average Bonchev–Trinajstić information content (AvgIpc) is 2.43. The number of allylic oxidation sites excluding steroid dienone is 3. The normalized spacial score (nSPS) is 33.6. The van der Waals surface area contributed by atoms with E-state index in [1.807, 2.05) is 12.2 Å². The second-order valence-electron chi connectivity index (χ2n) is 6.08. The first-order chi connectivity index (χ1) is 9.38. The lowest BCUT2D eigenvalue weighted by molar-refractivity contribution is -0.208. The Kier molecular flexibility index (Phi) is 7.91. The van der Waals surface area contributed by atoms with Gasteiger partial charge in [0.05, 0.1) is 12.7 Å². The molecule has 0 amide bonds. The lowest BCUT2D eigenvalue weighted by Crippen LogP contribution is -2.43. The Labute approximate surface area is 128 Å². The molecule has 116 valence electrons. The first kappa shape index (κ1) is 18.3. The predicted molar refractivity (Wildman–Crippen MR) is 93.2 cm³/mol. The Hall–Kier alpha value is 0.260. The van der Waals surface area contributed by atoms with E-state index in [1.165, 1.54) is 0 Å². The van der Waals surface area contributed by atoms with Crippen molar-refractivity contribution in [2.45, 2.75) is 39.8 Å². The quantitative estimate of drug-likeness (QED) is 0.514. The van der Waals surface area contributed by atoms with Crippen LogP contribution < -0.4 is 0 Å². The molecule has 0 bridgehead atoms. The molecule has 8 unspecified atom stereocenters. The van der Waals surface area contributed by atoms with Crippen molar-refractivity contribution in [3.63, 3.8) is 0 Å². The Morgan fingerprint density at radius 2 is 2.00 bits per heavy atom. The van der Waals surface area contributed by atoms with Gasteiger partial charge in [0, 0.05) is 5.92 Å². The number of hydrogen-bond donors (Lipinski definition) is 0. The summed E-state index contributed by atoms with van der Waals surface area (Å²) in [5.41, 5.74) is 0. The van der Waals surface area contributed by atoms with Gasteiger partial charge in [0.2, 0.25) is 0 Å². The Morgan fingerprint density at radius 3 is 2.55 bits per heavy atom. The van der Waals surface area contributed by atoms with Crippen molar-refractivity contribution in [2.24, 2.45) is 23.7 Å². The zero-order valence-electron chi connectivity index (χ0n) is 13.5. The summed E-state index contributed by atoms with van der Waals surface area (Å²) in [6.07, 6.45) is 6.40. The van der Waals surface area contributed by atoms with E-state index in [2.05, 4.69) is 55.9 Å². The summed E-state index contributed by atoms with van der Waals surface area (Å²) in [5.74, 6) is 2.07. The standard InChI is InChI=1S/C16H30O2P2/c1-7-8-9-11(2)13(4)14(5)15-12(3)10-17-16(18-15)20(6)19/h7-9,11-16H,1,10,19H2,2-6H3/b9-8+. The van der Waals surface area contributed by atoms with Gasteiger partial charge in [0.25, 0.3) is 0 Å². The maximum absolute atomic E-state index is 6.24. The van der Waals surface area contributed by atoms with E-state index >= 15 is 0 Å². The molecule has 0 aliphatic carbocycles. The summed E-state index contributed by atoms with van der Waals surface area (Å²) >= 11 is 0. The second-order valence-corrected chi connectivity index (χ2v) is 10.3. The molecule has 1 fully saturated rings. The molecule has 0 saturated carbocycles.